The summed E-state index contributed by atoms with van der Waals surface area (Å²) in [7, 11) is 0. The van der Waals surface area contributed by atoms with Crippen LogP contribution in [0.3, 0.4) is 0 Å². The van der Waals surface area contributed by atoms with E-state index in [-0.39, 0.29) is 17.5 Å². The highest BCUT2D eigenvalue weighted by molar-refractivity contribution is 6.34. The molecule has 1 saturated heterocycles. The first kappa shape index (κ1) is 15.5. The number of carbonyl (C=O) groups excluding carboxylic acids is 1. The molecule has 1 N–H and O–H groups in total. The number of ether oxygens (including phenoxy) is 1. The van der Waals surface area contributed by atoms with Crippen molar-refractivity contribution in [3.05, 3.63) is 22.8 Å². The van der Waals surface area contributed by atoms with Crippen molar-refractivity contribution in [3.63, 3.8) is 0 Å². The molecular weight excluding hydrogens is 292 g/mol. The van der Waals surface area contributed by atoms with E-state index >= 15 is 0 Å². The first-order chi connectivity index (χ1) is 10.2. The van der Waals surface area contributed by atoms with Crippen LogP contribution >= 0.6 is 11.6 Å². The van der Waals surface area contributed by atoms with E-state index < -0.39 is 6.04 Å². The molecular formula is C14H17ClN4O2. The molecule has 1 aromatic rings. The molecule has 0 saturated carbocycles. The van der Waals surface area contributed by atoms with Gasteiger partial charge in [0.2, 0.25) is 5.91 Å². The van der Waals surface area contributed by atoms with Gasteiger partial charge in [-0.3, -0.25) is 4.79 Å². The molecule has 1 aliphatic rings. The van der Waals surface area contributed by atoms with E-state index in [2.05, 4.69) is 10.3 Å². The van der Waals surface area contributed by atoms with Crippen LogP contribution in [0.15, 0.2) is 12.3 Å². The Bertz CT molecular complexity index is 558. The zero-order chi connectivity index (χ0) is 15.2. The highest BCUT2D eigenvalue weighted by Crippen LogP contribution is 2.28. The van der Waals surface area contributed by atoms with Crippen LogP contribution in [0.4, 0.5) is 5.82 Å². The van der Waals surface area contributed by atoms with Gasteiger partial charge in [0.15, 0.2) is 0 Å². The standard InChI is InChI=1S/C14H17ClN4O2/c1-2-4-18-14(20)11-9-21-7-6-19(11)13-12(15)10(8-16)3-5-17-13/h3,5,11H,2,4,6-7,9H2,1H3,(H,18,20). The average Bonchev–Trinajstić information content (AvgIpc) is 2.53. The molecule has 21 heavy (non-hydrogen) atoms. The summed E-state index contributed by atoms with van der Waals surface area (Å²) in [6.45, 7) is 3.88. The van der Waals surface area contributed by atoms with Crippen molar-refractivity contribution < 1.29 is 9.53 Å². The number of nitrogens with zero attached hydrogens (tertiary/aromatic N) is 3. The number of aromatic nitrogens is 1. The fourth-order valence-electron chi connectivity index (χ4n) is 2.16. The minimum atomic E-state index is -0.482. The van der Waals surface area contributed by atoms with Crippen LogP contribution in [-0.4, -0.2) is 43.2 Å². The quantitative estimate of drug-likeness (QED) is 0.908. The average molecular weight is 309 g/mol. The third-order valence-corrected chi connectivity index (χ3v) is 3.62. The molecule has 1 unspecified atom stereocenters. The Kier molecular flexibility index (Phi) is 5.37. The number of hydrogen-bond donors (Lipinski definition) is 1. The molecule has 1 aromatic heterocycles. The fraction of sp³-hybridized carbons (Fsp3) is 0.500. The van der Waals surface area contributed by atoms with Crippen molar-refractivity contribution in [1.29, 1.82) is 5.26 Å². The first-order valence-corrected chi connectivity index (χ1v) is 7.23. The number of nitrogens with one attached hydrogen (secondary N) is 1. The number of hydrogen-bond acceptors (Lipinski definition) is 5. The highest BCUT2D eigenvalue weighted by atomic mass is 35.5. The second-order valence-corrected chi connectivity index (χ2v) is 5.06. The third kappa shape index (κ3) is 3.43. The SMILES string of the molecule is CCCNC(=O)C1COCCN1c1nccc(C#N)c1Cl. The minimum Gasteiger partial charge on any atom is -0.377 e. The lowest BCUT2D eigenvalue weighted by atomic mass is 10.2. The zero-order valence-corrected chi connectivity index (χ0v) is 12.6. The van der Waals surface area contributed by atoms with E-state index in [1.54, 1.807) is 11.0 Å². The number of amides is 1. The number of anilines is 1. The summed E-state index contributed by atoms with van der Waals surface area (Å²) < 4.78 is 5.39. The Labute approximate surface area is 128 Å². The number of morpholine rings is 1. The maximum Gasteiger partial charge on any atom is 0.245 e. The molecule has 0 bridgehead atoms. The number of nitriles is 1. The zero-order valence-electron chi connectivity index (χ0n) is 11.8. The topological polar surface area (TPSA) is 78.2 Å². The van der Waals surface area contributed by atoms with E-state index in [0.717, 1.165) is 6.42 Å². The van der Waals surface area contributed by atoms with E-state index in [4.69, 9.17) is 21.6 Å². The molecule has 0 spiro atoms. The molecule has 2 rings (SSSR count). The van der Waals surface area contributed by atoms with Gasteiger partial charge in [0.05, 0.1) is 18.8 Å². The first-order valence-electron chi connectivity index (χ1n) is 6.85. The van der Waals surface area contributed by atoms with Gasteiger partial charge < -0.3 is 15.0 Å². The Morgan fingerprint density at radius 1 is 1.71 bits per heavy atom. The van der Waals surface area contributed by atoms with Gasteiger partial charge in [0.1, 0.15) is 23.0 Å². The van der Waals surface area contributed by atoms with Gasteiger partial charge in [-0.2, -0.15) is 5.26 Å². The lowest BCUT2D eigenvalue weighted by Crippen LogP contribution is -2.54. The minimum absolute atomic E-state index is 0.114. The summed E-state index contributed by atoms with van der Waals surface area (Å²) in [5, 5.41) is 12.2. The molecule has 6 nitrogen and oxygen atoms in total. The highest BCUT2D eigenvalue weighted by Gasteiger charge is 2.31. The largest absolute Gasteiger partial charge is 0.377 e. The fourth-order valence-corrected chi connectivity index (χ4v) is 2.42. The second-order valence-electron chi connectivity index (χ2n) is 4.68. The van der Waals surface area contributed by atoms with Crippen LogP contribution in [0.5, 0.6) is 0 Å². The lowest BCUT2D eigenvalue weighted by Gasteiger charge is -2.35. The number of rotatable bonds is 4. The predicted octanol–water partition coefficient (Wildman–Crippen LogP) is 1.34. The van der Waals surface area contributed by atoms with Gasteiger partial charge >= 0.3 is 0 Å². The molecule has 0 aromatic carbocycles. The molecule has 2 heterocycles. The van der Waals surface area contributed by atoms with Gasteiger partial charge in [-0.15, -0.1) is 0 Å². The summed E-state index contributed by atoms with van der Waals surface area (Å²) >= 11 is 6.22. The summed E-state index contributed by atoms with van der Waals surface area (Å²) in [6, 6.07) is 3.09. The van der Waals surface area contributed by atoms with E-state index in [9.17, 15) is 4.79 Å². The molecule has 112 valence electrons. The van der Waals surface area contributed by atoms with E-state index in [1.165, 1.54) is 6.20 Å². The summed E-state index contributed by atoms with van der Waals surface area (Å²) in [4.78, 5) is 18.3. The number of halogens is 1. The van der Waals surface area contributed by atoms with Crippen LogP contribution in [-0.2, 0) is 9.53 Å². The molecule has 0 radical (unpaired) electrons. The molecule has 1 aliphatic heterocycles. The van der Waals surface area contributed by atoms with Crippen LogP contribution < -0.4 is 10.2 Å². The maximum atomic E-state index is 12.2. The van der Waals surface area contributed by atoms with Gasteiger partial charge in [-0.05, 0) is 12.5 Å². The van der Waals surface area contributed by atoms with Crippen molar-refractivity contribution in [2.24, 2.45) is 0 Å². The van der Waals surface area contributed by atoms with Crippen molar-refractivity contribution >= 4 is 23.3 Å². The Hall–Kier alpha value is -1.84. The van der Waals surface area contributed by atoms with Gasteiger partial charge in [-0.1, -0.05) is 18.5 Å². The summed E-state index contributed by atoms with van der Waals surface area (Å²) in [6.07, 6.45) is 2.39. The van der Waals surface area contributed by atoms with E-state index in [1.807, 2.05) is 13.0 Å². The number of carbonyl (C=O) groups is 1. The predicted molar refractivity (Wildman–Crippen MR) is 79.2 cm³/mol. The summed E-state index contributed by atoms with van der Waals surface area (Å²) in [5.41, 5.74) is 0.348. The van der Waals surface area contributed by atoms with Crippen molar-refractivity contribution in [2.75, 3.05) is 31.2 Å². The van der Waals surface area contributed by atoms with Crippen LogP contribution in [0.1, 0.15) is 18.9 Å². The molecule has 1 atom stereocenters. The smallest absolute Gasteiger partial charge is 0.245 e. The summed E-state index contributed by atoms with van der Waals surface area (Å²) in [5.74, 6) is 0.340. The second kappa shape index (κ2) is 7.25. The van der Waals surface area contributed by atoms with Crippen LogP contribution in [0, 0.1) is 11.3 Å². The monoisotopic (exact) mass is 308 g/mol. The van der Waals surface area contributed by atoms with Crippen LogP contribution in [0.2, 0.25) is 5.02 Å². The van der Waals surface area contributed by atoms with Gasteiger partial charge in [0, 0.05) is 19.3 Å². The molecule has 1 amide bonds. The molecule has 0 aliphatic carbocycles. The Balaban J connectivity index is 2.27. The van der Waals surface area contributed by atoms with Crippen molar-refractivity contribution in [3.8, 4) is 6.07 Å². The lowest BCUT2D eigenvalue weighted by molar-refractivity contribution is -0.124. The number of pyridine rings is 1. The maximum absolute atomic E-state index is 12.2. The third-order valence-electron chi connectivity index (χ3n) is 3.24. The van der Waals surface area contributed by atoms with E-state index in [0.29, 0.717) is 31.1 Å². The molecule has 1 fully saturated rings. The van der Waals surface area contributed by atoms with Gasteiger partial charge in [-0.25, -0.2) is 4.98 Å². The van der Waals surface area contributed by atoms with Crippen LogP contribution in [0.25, 0.3) is 0 Å². The van der Waals surface area contributed by atoms with Crippen molar-refractivity contribution in [2.45, 2.75) is 19.4 Å². The van der Waals surface area contributed by atoms with Crippen molar-refractivity contribution in [1.82, 2.24) is 10.3 Å². The normalized spacial score (nSPS) is 18.1. The Morgan fingerprint density at radius 3 is 3.24 bits per heavy atom. The molecule has 7 heteroatoms. The van der Waals surface area contributed by atoms with Gasteiger partial charge in [0.25, 0.3) is 0 Å². The Morgan fingerprint density at radius 2 is 2.52 bits per heavy atom.